The SMILES string of the molecule is COc1ccc(NC(=O)C2CC(=O)N(Cc3ccco3)C2)cn1. The normalized spacial score (nSPS) is 17.3. The van der Waals surface area contributed by atoms with Crippen molar-refractivity contribution in [1.82, 2.24) is 9.88 Å². The fraction of sp³-hybridized carbons (Fsp3) is 0.312. The number of hydrogen-bond acceptors (Lipinski definition) is 5. The second kappa shape index (κ2) is 6.51. The Hall–Kier alpha value is -2.83. The second-order valence-electron chi connectivity index (χ2n) is 5.33. The van der Waals surface area contributed by atoms with Crippen LogP contribution in [0.5, 0.6) is 5.88 Å². The summed E-state index contributed by atoms with van der Waals surface area (Å²) in [6.45, 7) is 0.772. The number of rotatable bonds is 5. The van der Waals surface area contributed by atoms with Gasteiger partial charge in [-0.2, -0.15) is 0 Å². The Morgan fingerprint density at radius 2 is 2.35 bits per heavy atom. The number of furan rings is 1. The molecule has 1 aliphatic rings. The van der Waals surface area contributed by atoms with Crippen LogP contribution in [0.25, 0.3) is 0 Å². The van der Waals surface area contributed by atoms with Gasteiger partial charge in [-0.05, 0) is 18.2 Å². The van der Waals surface area contributed by atoms with Crippen molar-refractivity contribution >= 4 is 17.5 Å². The molecule has 3 heterocycles. The number of anilines is 1. The van der Waals surface area contributed by atoms with Crippen molar-refractivity contribution in [2.75, 3.05) is 19.0 Å². The van der Waals surface area contributed by atoms with Gasteiger partial charge in [-0.1, -0.05) is 0 Å². The molecule has 2 aromatic heterocycles. The molecule has 7 heteroatoms. The monoisotopic (exact) mass is 315 g/mol. The Bertz CT molecular complexity index is 682. The summed E-state index contributed by atoms with van der Waals surface area (Å²) in [7, 11) is 1.53. The van der Waals surface area contributed by atoms with Crippen LogP contribution in [0.15, 0.2) is 41.1 Å². The van der Waals surface area contributed by atoms with Crippen molar-refractivity contribution in [3.05, 3.63) is 42.5 Å². The number of nitrogens with zero attached hydrogens (tertiary/aromatic N) is 2. The summed E-state index contributed by atoms with van der Waals surface area (Å²) in [5.74, 6) is 0.573. The minimum Gasteiger partial charge on any atom is -0.481 e. The van der Waals surface area contributed by atoms with Gasteiger partial charge >= 0.3 is 0 Å². The van der Waals surface area contributed by atoms with E-state index in [2.05, 4.69) is 10.3 Å². The van der Waals surface area contributed by atoms with Gasteiger partial charge in [-0.15, -0.1) is 0 Å². The predicted molar refractivity (Wildman–Crippen MR) is 81.7 cm³/mol. The smallest absolute Gasteiger partial charge is 0.229 e. The number of nitrogens with one attached hydrogen (secondary N) is 1. The zero-order valence-corrected chi connectivity index (χ0v) is 12.7. The first-order chi connectivity index (χ1) is 11.2. The fourth-order valence-electron chi connectivity index (χ4n) is 2.51. The van der Waals surface area contributed by atoms with Crippen LogP contribution in [0.1, 0.15) is 12.2 Å². The van der Waals surface area contributed by atoms with E-state index in [1.807, 2.05) is 6.07 Å². The third-order valence-corrected chi connectivity index (χ3v) is 3.73. The van der Waals surface area contributed by atoms with Crippen LogP contribution in [-0.4, -0.2) is 35.4 Å². The van der Waals surface area contributed by atoms with Crippen molar-refractivity contribution in [3.8, 4) is 5.88 Å². The van der Waals surface area contributed by atoms with Crippen LogP contribution in [0.2, 0.25) is 0 Å². The van der Waals surface area contributed by atoms with Gasteiger partial charge < -0.3 is 19.4 Å². The highest BCUT2D eigenvalue weighted by Crippen LogP contribution is 2.22. The molecule has 0 spiro atoms. The van der Waals surface area contributed by atoms with E-state index in [4.69, 9.17) is 9.15 Å². The third-order valence-electron chi connectivity index (χ3n) is 3.73. The summed E-state index contributed by atoms with van der Waals surface area (Å²) >= 11 is 0. The van der Waals surface area contributed by atoms with E-state index < -0.39 is 0 Å². The Morgan fingerprint density at radius 1 is 1.48 bits per heavy atom. The fourth-order valence-corrected chi connectivity index (χ4v) is 2.51. The van der Waals surface area contributed by atoms with Gasteiger partial charge in [-0.3, -0.25) is 9.59 Å². The lowest BCUT2D eigenvalue weighted by Gasteiger charge is -2.15. The van der Waals surface area contributed by atoms with E-state index in [0.29, 0.717) is 30.4 Å². The molecule has 1 atom stereocenters. The highest BCUT2D eigenvalue weighted by Gasteiger charge is 2.34. The zero-order valence-electron chi connectivity index (χ0n) is 12.7. The van der Waals surface area contributed by atoms with Gasteiger partial charge in [0.1, 0.15) is 5.76 Å². The Balaban J connectivity index is 1.58. The molecule has 1 fully saturated rings. The summed E-state index contributed by atoms with van der Waals surface area (Å²) in [5.41, 5.74) is 0.577. The van der Waals surface area contributed by atoms with Crippen LogP contribution in [0, 0.1) is 5.92 Å². The molecule has 1 unspecified atom stereocenters. The first-order valence-electron chi connectivity index (χ1n) is 7.27. The van der Waals surface area contributed by atoms with Crippen molar-refractivity contribution in [2.45, 2.75) is 13.0 Å². The first kappa shape index (κ1) is 15.1. The van der Waals surface area contributed by atoms with Crippen LogP contribution < -0.4 is 10.1 Å². The quantitative estimate of drug-likeness (QED) is 0.907. The number of ether oxygens (including phenoxy) is 1. The molecule has 7 nitrogen and oxygen atoms in total. The summed E-state index contributed by atoms with van der Waals surface area (Å²) in [6.07, 6.45) is 3.29. The van der Waals surface area contributed by atoms with Crippen LogP contribution in [-0.2, 0) is 16.1 Å². The van der Waals surface area contributed by atoms with Crippen molar-refractivity contribution in [2.24, 2.45) is 5.92 Å². The van der Waals surface area contributed by atoms with E-state index in [0.717, 1.165) is 0 Å². The summed E-state index contributed by atoms with van der Waals surface area (Å²) in [4.78, 5) is 30.0. The Morgan fingerprint density at radius 3 is 3.00 bits per heavy atom. The van der Waals surface area contributed by atoms with Crippen molar-refractivity contribution < 1.29 is 18.7 Å². The second-order valence-corrected chi connectivity index (χ2v) is 5.33. The van der Waals surface area contributed by atoms with Gasteiger partial charge in [-0.25, -0.2) is 4.98 Å². The molecule has 23 heavy (non-hydrogen) atoms. The maximum atomic E-state index is 12.3. The topological polar surface area (TPSA) is 84.7 Å². The summed E-state index contributed by atoms with van der Waals surface area (Å²) in [6, 6.07) is 6.96. The molecule has 3 rings (SSSR count). The molecular formula is C16H17N3O4. The third kappa shape index (κ3) is 3.50. The van der Waals surface area contributed by atoms with Crippen LogP contribution >= 0.6 is 0 Å². The summed E-state index contributed by atoms with van der Waals surface area (Å²) < 4.78 is 10.2. The molecule has 2 amide bonds. The average Bonchev–Trinajstić information content (AvgIpc) is 3.19. The maximum absolute atomic E-state index is 12.3. The maximum Gasteiger partial charge on any atom is 0.229 e. The molecule has 120 valence electrons. The molecule has 1 N–H and O–H groups in total. The van der Waals surface area contributed by atoms with Gasteiger partial charge in [0.05, 0.1) is 37.7 Å². The van der Waals surface area contributed by atoms with E-state index in [-0.39, 0.29) is 24.2 Å². The van der Waals surface area contributed by atoms with E-state index in [1.165, 1.54) is 13.3 Å². The Labute approximate surface area is 133 Å². The number of likely N-dealkylation sites (tertiary alicyclic amines) is 1. The standard InChI is InChI=1S/C16H17N3O4/c1-22-14-5-4-12(8-17-14)18-16(21)11-7-15(20)19(9-11)10-13-3-2-6-23-13/h2-6,8,11H,7,9-10H2,1H3,(H,18,21). The van der Waals surface area contributed by atoms with Gasteiger partial charge in [0.2, 0.25) is 17.7 Å². The molecule has 1 saturated heterocycles. The van der Waals surface area contributed by atoms with E-state index in [9.17, 15) is 9.59 Å². The average molecular weight is 315 g/mol. The molecule has 0 bridgehead atoms. The lowest BCUT2D eigenvalue weighted by Crippen LogP contribution is -2.27. The number of carbonyl (C=O) groups excluding carboxylic acids is 2. The van der Waals surface area contributed by atoms with Crippen LogP contribution in [0.3, 0.4) is 0 Å². The number of pyridine rings is 1. The van der Waals surface area contributed by atoms with Crippen LogP contribution in [0.4, 0.5) is 5.69 Å². The lowest BCUT2D eigenvalue weighted by molar-refractivity contribution is -0.128. The molecule has 0 saturated carbocycles. The number of carbonyl (C=O) groups is 2. The molecule has 1 aliphatic heterocycles. The predicted octanol–water partition coefficient (Wildman–Crippen LogP) is 1.67. The van der Waals surface area contributed by atoms with E-state index in [1.54, 1.807) is 29.4 Å². The van der Waals surface area contributed by atoms with Gasteiger partial charge in [0.25, 0.3) is 0 Å². The molecule has 0 aliphatic carbocycles. The van der Waals surface area contributed by atoms with E-state index >= 15 is 0 Å². The number of aromatic nitrogens is 1. The number of hydrogen-bond donors (Lipinski definition) is 1. The Kier molecular flexibility index (Phi) is 4.27. The molecule has 0 aromatic carbocycles. The summed E-state index contributed by atoms with van der Waals surface area (Å²) in [5, 5.41) is 2.78. The van der Waals surface area contributed by atoms with Crippen molar-refractivity contribution in [3.63, 3.8) is 0 Å². The minimum absolute atomic E-state index is 0.0468. The largest absolute Gasteiger partial charge is 0.481 e. The minimum atomic E-state index is -0.375. The highest BCUT2D eigenvalue weighted by atomic mass is 16.5. The number of amides is 2. The molecular weight excluding hydrogens is 298 g/mol. The van der Waals surface area contributed by atoms with Crippen molar-refractivity contribution in [1.29, 1.82) is 0 Å². The molecule has 2 aromatic rings. The highest BCUT2D eigenvalue weighted by molar-refractivity contribution is 5.97. The number of methoxy groups -OCH3 is 1. The lowest BCUT2D eigenvalue weighted by atomic mass is 10.1. The van der Waals surface area contributed by atoms with Gasteiger partial charge in [0.15, 0.2) is 0 Å². The first-order valence-corrected chi connectivity index (χ1v) is 7.27. The van der Waals surface area contributed by atoms with Gasteiger partial charge in [0, 0.05) is 19.0 Å². The molecule has 0 radical (unpaired) electrons. The zero-order chi connectivity index (χ0) is 16.2.